The Hall–Kier alpha value is -2.83. The van der Waals surface area contributed by atoms with Crippen LogP contribution in [0.5, 0.6) is 0 Å². The molecule has 0 amide bonds. The van der Waals surface area contributed by atoms with E-state index in [9.17, 15) is 4.79 Å². The molecule has 1 N–H and O–H groups in total. The first-order valence-electron chi connectivity index (χ1n) is 16.2. The van der Waals surface area contributed by atoms with Crippen molar-refractivity contribution in [1.29, 1.82) is 0 Å². The number of aliphatic hydroxyl groups is 1. The second-order valence-electron chi connectivity index (χ2n) is 15.2. The van der Waals surface area contributed by atoms with Gasteiger partial charge in [-0.3, -0.25) is 4.79 Å². The van der Waals surface area contributed by atoms with E-state index in [1.807, 2.05) is 12.3 Å². The average molecular weight is 940 g/mol. The summed E-state index contributed by atoms with van der Waals surface area (Å²) in [4.78, 5) is 15.0. The van der Waals surface area contributed by atoms with Crippen molar-refractivity contribution in [2.45, 2.75) is 68.8 Å². The second kappa shape index (κ2) is 14.2. The number of carbonyl (C=O) groups is 1. The first-order valence-corrected chi connectivity index (χ1v) is 29.8. The van der Waals surface area contributed by atoms with Crippen LogP contribution >= 0.6 is 0 Å². The quantitative estimate of drug-likeness (QED) is 0.0848. The van der Waals surface area contributed by atoms with E-state index in [0.717, 1.165) is 37.7 Å². The van der Waals surface area contributed by atoms with E-state index < -0.39 is 26.5 Å². The minimum atomic E-state index is -3.09. The number of aromatic nitrogens is 1. The van der Waals surface area contributed by atoms with Crippen LogP contribution in [0.25, 0.3) is 44.3 Å². The van der Waals surface area contributed by atoms with Crippen molar-refractivity contribution in [1.82, 2.24) is 4.98 Å². The molecule has 251 valence electrons. The van der Waals surface area contributed by atoms with Crippen molar-refractivity contribution in [2.24, 2.45) is 0 Å². The van der Waals surface area contributed by atoms with Crippen molar-refractivity contribution in [3.05, 3.63) is 108 Å². The minimum Gasteiger partial charge on any atom is 0 e. The van der Waals surface area contributed by atoms with E-state index in [1.54, 1.807) is 0 Å². The topological polar surface area (TPSA) is 50.2 Å². The van der Waals surface area contributed by atoms with Gasteiger partial charge in [0.05, 0.1) is 5.76 Å². The Morgan fingerprint density at radius 3 is 2.06 bits per heavy atom. The standard InChI is InChI=1S/C36H37FGe2N.C5H8O2.Ir/c1-36(2,3)31-22-25(21-24-11-9-10-12-27(24)31)35-34-30(19-20-40-35)29-18-17-28(32(37)33(29)39(34,7)8)23-13-15-26(16-14-23)38(4,5)6;1-4(6)3-5(2)7;/h9-20,22H,1-8H3;3,6H,1-2H3;/q-1;;/b;4-3-;. The molecule has 1 radical (unpaired) electrons. The molecule has 7 heteroatoms. The first-order chi connectivity index (χ1) is 21.9. The van der Waals surface area contributed by atoms with E-state index in [4.69, 9.17) is 10.1 Å². The zero-order chi connectivity index (χ0) is 34.5. The summed E-state index contributed by atoms with van der Waals surface area (Å²) < 4.78 is 20.3. The van der Waals surface area contributed by atoms with Crippen molar-refractivity contribution in [3.63, 3.8) is 0 Å². The number of aliphatic hydroxyl groups excluding tert-OH is 1. The van der Waals surface area contributed by atoms with Gasteiger partial charge in [0.25, 0.3) is 0 Å². The molecule has 48 heavy (non-hydrogen) atoms. The molecule has 0 fully saturated rings. The van der Waals surface area contributed by atoms with Crippen LogP contribution in [0, 0.1) is 11.9 Å². The molecule has 5 aromatic rings. The fourth-order valence-corrected chi connectivity index (χ4v) is 16.5. The Morgan fingerprint density at radius 1 is 0.896 bits per heavy atom. The molecule has 4 aromatic carbocycles. The number of allylic oxidation sites excluding steroid dienone is 2. The predicted molar refractivity (Wildman–Crippen MR) is 202 cm³/mol. The summed E-state index contributed by atoms with van der Waals surface area (Å²) in [6.45, 7) is 9.62. The smallest absolute Gasteiger partial charge is 0 e. The average Bonchev–Trinajstić information content (AvgIpc) is 3.22. The van der Waals surface area contributed by atoms with Gasteiger partial charge in [0.2, 0.25) is 0 Å². The number of hydrogen-bond donors (Lipinski definition) is 1. The monoisotopic (exact) mass is 943 g/mol. The summed E-state index contributed by atoms with van der Waals surface area (Å²) in [5.41, 5.74) is 7.09. The number of hydrogen-bond acceptors (Lipinski definition) is 3. The first kappa shape index (κ1) is 38.0. The van der Waals surface area contributed by atoms with Crippen LogP contribution in [0.2, 0.25) is 28.8 Å². The molecule has 1 aliphatic heterocycles. The molecule has 6 rings (SSSR count). The molecular weight excluding hydrogens is 895 g/mol. The number of fused-ring (bicyclic) bond motifs is 4. The molecule has 0 unspecified atom stereocenters. The van der Waals surface area contributed by atoms with Gasteiger partial charge in [-0.15, -0.1) is 0 Å². The van der Waals surface area contributed by atoms with E-state index in [0.29, 0.717) is 5.56 Å². The summed E-state index contributed by atoms with van der Waals surface area (Å²) in [7, 11) is 0. The molecular formula is C41H45FGe2IrNO2-. The molecule has 0 bridgehead atoms. The maximum atomic E-state index is 16.6. The summed E-state index contributed by atoms with van der Waals surface area (Å²) >= 11 is -5.03. The number of nitrogens with zero attached hydrogens (tertiary/aromatic N) is 1. The fourth-order valence-electron chi connectivity index (χ4n) is 6.70. The van der Waals surface area contributed by atoms with Crippen molar-refractivity contribution < 1.29 is 34.4 Å². The number of pyridine rings is 1. The van der Waals surface area contributed by atoms with Gasteiger partial charge < -0.3 is 5.11 Å². The summed E-state index contributed by atoms with van der Waals surface area (Å²) in [5.74, 6) is 11.7. The van der Waals surface area contributed by atoms with Crippen LogP contribution in [-0.4, -0.2) is 42.4 Å². The Kier molecular flexibility index (Phi) is 11.2. The van der Waals surface area contributed by atoms with Gasteiger partial charge in [-0.1, -0.05) is 0 Å². The van der Waals surface area contributed by atoms with E-state index in [-0.39, 0.29) is 42.9 Å². The molecule has 3 nitrogen and oxygen atoms in total. The third kappa shape index (κ3) is 7.50. The van der Waals surface area contributed by atoms with Crippen LogP contribution in [-0.2, 0) is 30.3 Å². The van der Waals surface area contributed by atoms with Crippen molar-refractivity contribution in [2.75, 3.05) is 0 Å². The Balaban J connectivity index is 0.000000589. The minimum absolute atomic E-state index is 0. The second-order valence-corrected chi connectivity index (χ2v) is 34.7. The number of carbonyl (C=O) groups excluding carboxylic acids is 1. The Morgan fingerprint density at radius 2 is 1.50 bits per heavy atom. The predicted octanol–water partition coefficient (Wildman–Crippen LogP) is 9.19. The summed E-state index contributed by atoms with van der Waals surface area (Å²) in [6.07, 6.45) is 3.06. The third-order valence-electron chi connectivity index (χ3n) is 8.95. The molecule has 1 aliphatic rings. The van der Waals surface area contributed by atoms with E-state index in [2.05, 4.69) is 122 Å². The van der Waals surface area contributed by atoms with Gasteiger partial charge in [-0.25, -0.2) is 0 Å². The Labute approximate surface area is 304 Å². The SMILES string of the molecule is CC(=O)/C=C(/C)O.CC(C)(C)c1cc(-c2nccc3[c]2[Ge]([CH3])([CH3])[c]2c-3ccc(-c3cc[c]([Ge]([CH3])([CH3])[CH3])cc3)c2F)[c-]c2ccccc12.[Ir]. The van der Waals surface area contributed by atoms with Crippen LogP contribution in [0.4, 0.5) is 4.39 Å². The van der Waals surface area contributed by atoms with Gasteiger partial charge in [0.15, 0.2) is 5.78 Å². The largest absolute Gasteiger partial charge is 0 e. The molecule has 0 atom stereocenters. The van der Waals surface area contributed by atoms with Crippen molar-refractivity contribution in [3.8, 4) is 33.5 Å². The maximum absolute atomic E-state index is 16.6. The molecule has 1 aromatic heterocycles. The van der Waals surface area contributed by atoms with E-state index >= 15 is 4.39 Å². The number of benzene rings is 4. The van der Waals surface area contributed by atoms with Crippen LogP contribution in [0.15, 0.2) is 90.8 Å². The number of ketones is 1. The van der Waals surface area contributed by atoms with Crippen LogP contribution in [0.1, 0.15) is 40.2 Å². The molecule has 0 aliphatic carbocycles. The third-order valence-corrected chi connectivity index (χ3v) is 20.6. The van der Waals surface area contributed by atoms with Gasteiger partial charge in [0.1, 0.15) is 0 Å². The summed E-state index contributed by atoms with van der Waals surface area (Å²) in [5, 5.41) is 10.7. The van der Waals surface area contributed by atoms with E-state index in [1.165, 1.54) is 39.7 Å². The molecule has 0 saturated heterocycles. The molecule has 0 spiro atoms. The van der Waals surface area contributed by atoms with Crippen LogP contribution in [0.3, 0.4) is 0 Å². The van der Waals surface area contributed by atoms with Gasteiger partial charge in [0, 0.05) is 26.2 Å². The molecule has 2 heterocycles. The van der Waals surface area contributed by atoms with Crippen molar-refractivity contribution >= 4 is 56.3 Å². The Bertz CT molecular complexity index is 2030. The fraction of sp³-hybridized carbons (Fsp3) is 0.268. The zero-order valence-corrected chi connectivity index (χ0v) is 36.2. The van der Waals surface area contributed by atoms with Gasteiger partial charge in [-0.2, -0.15) is 0 Å². The normalized spacial score (nSPS) is 13.6. The maximum Gasteiger partial charge on any atom is 0 e. The number of halogens is 1. The van der Waals surface area contributed by atoms with Gasteiger partial charge in [-0.05, 0) is 13.8 Å². The zero-order valence-electron chi connectivity index (χ0n) is 29.6. The summed E-state index contributed by atoms with van der Waals surface area (Å²) in [6, 6.07) is 29.3. The number of rotatable bonds is 4. The van der Waals surface area contributed by atoms with Crippen LogP contribution < -0.4 is 13.2 Å². The van der Waals surface area contributed by atoms with Gasteiger partial charge >= 0.3 is 245 Å². The molecule has 0 saturated carbocycles.